The molecule has 0 aliphatic heterocycles. The fraction of sp³-hybridized carbons (Fsp3) is 0.111. The molecule has 0 aliphatic rings. The normalized spacial score (nSPS) is 10.1. The quantitative estimate of drug-likeness (QED) is 0.618. The van der Waals surface area contributed by atoms with Crippen molar-refractivity contribution in [3.05, 3.63) is 35.0 Å². The first-order chi connectivity index (χ1) is 7.81. The smallest absolute Gasteiger partial charge is 0.156 e. The van der Waals surface area contributed by atoms with E-state index in [-0.39, 0.29) is 10.7 Å². The van der Waals surface area contributed by atoms with Crippen molar-refractivity contribution in [2.24, 2.45) is 0 Å². The molecule has 82 valence electrons. The molecule has 0 saturated heterocycles. The molecule has 2 heterocycles. The molecule has 0 unspecified atom stereocenters. The minimum atomic E-state index is 0.136. The highest BCUT2D eigenvalue weighted by Gasteiger charge is 2.08. The van der Waals surface area contributed by atoms with Crippen molar-refractivity contribution in [1.82, 2.24) is 20.2 Å². The average molecular weight is 238 g/mol. The number of nitrogens with one attached hydrogen (secondary N) is 2. The maximum atomic E-state index is 10.8. The van der Waals surface area contributed by atoms with Gasteiger partial charge in [0.25, 0.3) is 0 Å². The molecule has 0 saturated carbocycles. The fourth-order valence-corrected chi connectivity index (χ4v) is 1.36. The molecule has 7 heteroatoms. The van der Waals surface area contributed by atoms with Gasteiger partial charge in [-0.15, -0.1) is 0 Å². The van der Waals surface area contributed by atoms with E-state index in [0.29, 0.717) is 18.6 Å². The summed E-state index contributed by atoms with van der Waals surface area (Å²) in [5.41, 5.74) is 1.13. The number of carbonyl (C=O) groups is 1. The van der Waals surface area contributed by atoms with Crippen molar-refractivity contribution >= 4 is 23.7 Å². The third kappa shape index (κ3) is 2.17. The topological polar surface area (TPSA) is 83.6 Å². The number of anilines is 1. The summed E-state index contributed by atoms with van der Waals surface area (Å²) in [5, 5.41) is 9.69. The van der Waals surface area contributed by atoms with Crippen molar-refractivity contribution in [1.29, 1.82) is 0 Å². The van der Waals surface area contributed by atoms with Crippen molar-refractivity contribution in [2.75, 3.05) is 5.32 Å². The molecular weight excluding hydrogens is 230 g/mol. The van der Waals surface area contributed by atoms with E-state index in [1.807, 2.05) is 6.07 Å². The summed E-state index contributed by atoms with van der Waals surface area (Å²) in [4.78, 5) is 18.4. The molecule has 0 fully saturated rings. The second-order valence-electron chi connectivity index (χ2n) is 2.98. The van der Waals surface area contributed by atoms with Crippen LogP contribution in [-0.2, 0) is 6.54 Å². The molecule has 2 aromatic heterocycles. The predicted molar refractivity (Wildman–Crippen MR) is 58.3 cm³/mol. The van der Waals surface area contributed by atoms with Crippen LogP contribution in [0.3, 0.4) is 0 Å². The molecule has 0 amide bonds. The van der Waals surface area contributed by atoms with E-state index in [1.54, 1.807) is 6.20 Å². The number of hydrogen-bond donors (Lipinski definition) is 2. The highest BCUT2D eigenvalue weighted by atomic mass is 35.5. The van der Waals surface area contributed by atoms with Crippen molar-refractivity contribution in [3.8, 4) is 0 Å². The van der Waals surface area contributed by atoms with Crippen LogP contribution in [0.25, 0.3) is 0 Å². The Balaban J connectivity index is 2.15. The van der Waals surface area contributed by atoms with Crippen LogP contribution in [0.5, 0.6) is 0 Å². The van der Waals surface area contributed by atoms with Gasteiger partial charge in [0.1, 0.15) is 17.3 Å². The molecule has 0 atom stereocenters. The first-order valence-corrected chi connectivity index (χ1v) is 4.87. The van der Waals surface area contributed by atoms with Gasteiger partial charge in [-0.3, -0.25) is 9.89 Å². The van der Waals surface area contributed by atoms with E-state index in [0.717, 1.165) is 5.69 Å². The summed E-state index contributed by atoms with van der Waals surface area (Å²) >= 11 is 5.75. The van der Waals surface area contributed by atoms with Gasteiger partial charge in [0.15, 0.2) is 6.29 Å². The molecule has 16 heavy (non-hydrogen) atoms. The third-order valence-corrected chi connectivity index (χ3v) is 2.26. The minimum Gasteiger partial charge on any atom is -0.364 e. The molecule has 2 rings (SSSR count). The van der Waals surface area contributed by atoms with E-state index < -0.39 is 0 Å². The van der Waals surface area contributed by atoms with Gasteiger partial charge in [0.2, 0.25) is 0 Å². The van der Waals surface area contributed by atoms with E-state index in [9.17, 15) is 4.79 Å². The summed E-state index contributed by atoms with van der Waals surface area (Å²) in [5.74, 6) is 0.407. The van der Waals surface area contributed by atoms with Crippen LogP contribution in [0.15, 0.2) is 18.6 Å². The molecule has 0 aliphatic carbocycles. The highest BCUT2D eigenvalue weighted by Crippen LogP contribution is 2.17. The molecule has 2 aromatic rings. The molecule has 2 N–H and O–H groups in total. The largest absolute Gasteiger partial charge is 0.364 e. The Labute approximate surface area is 96.1 Å². The zero-order chi connectivity index (χ0) is 11.4. The van der Waals surface area contributed by atoms with Crippen LogP contribution >= 0.6 is 11.6 Å². The molecular formula is C9H8ClN5O. The summed E-state index contributed by atoms with van der Waals surface area (Å²) in [6.45, 7) is 0.480. The summed E-state index contributed by atoms with van der Waals surface area (Å²) in [6.07, 6.45) is 3.56. The second-order valence-corrected chi connectivity index (χ2v) is 3.34. The van der Waals surface area contributed by atoms with Gasteiger partial charge in [-0.05, 0) is 6.07 Å². The van der Waals surface area contributed by atoms with Crippen LogP contribution in [0, 0.1) is 0 Å². The number of rotatable bonds is 4. The molecule has 0 spiro atoms. The SMILES string of the molecule is O=Cc1c(Cl)ncnc1NCc1ccn[nH]1. The van der Waals surface area contributed by atoms with Crippen molar-refractivity contribution in [3.63, 3.8) is 0 Å². The number of nitrogens with zero attached hydrogens (tertiary/aromatic N) is 3. The van der Waals surface area contributed by atoms with Gasteiger partial charge in [-0.2, -0.15) is 5.10 Å². The lowest BCUT2D eigenvalue weighted by molar-refractivity contribution is 0.112. The van der Waals surface area contributed by atoms with Crippen LogP contribution in [0.2, 0.25) is 5.15 Å². The van der Waals surface area contributed by atoms with Crippen LogP contribution in [0.1, 0.15) is 16.1 Å². The number of aromatic nitrogens is 4. The number of halogens is 1. The van der Waals surface area contributed by atoms with Gasteiger partial charge in [-0.1, -0.05) is 11.6 Å². The lowest BCUT2D eigenvalue weighted by Crippen LogP contribution is -2.05. The third-order valence-electron chi connectivity index (χ3n) is 1.96. The summed E-state index contributed by atoms with van der Waals surface area (Å²) < 4.78 is 0. The van der Waals surface area contributed by atoms with Gasteiger partial charge in [0.05, 0.1) is 17.8 Å². The van der Waals surface area contributed by atoms with Gasteiger partial charge in [0, 0.05) is 6.20 Å². The maximum absolute atomic E-state index is 10.8. The van der Waals surface area contributed by atoms with Crippen LogP contribution < -0.4 is 5.32 Å². The Morgan fingerprint density at radius 3 is 3.06 bits per heavy atom. The molecule has 0 bridgehead atoms. The Kier molecular flexibility index (Phi) is 3.11. The Morgan fingerprint density at radius 2 is 2.38 bits per heavy atom. The molecule has 0 aromatic carbocycles. The number of hydrogen-bond acceptors (Lipinski definition) is 5. The Hall–Kier alpha value is -1.95. The number of H-pyrrole nitrogens is 1. The zero-order valence-corrected chi connectivity index (χ0v) is 8.90. The summed E-state index contributed by atoms with van der Waals surface area (Å²) in [6, 6.07) is 1.82. The van der Waals surface area contributed by atoms with Crippen molar-refractivity contribution < 1.29 is 4.79 Å². The van der Waals surface area contributed by atoms with Crippen LogP contribution in [0.4, 0.5) is 5.82 Å². The summed E-state index contributed by atoms with van der Waals surface area (Å²) in [7, 11) is 0. The molecule has 0 radical (unpaired) electrons. The maximum Gasteiger partial charge on any atom is 0.156 e. The second kappa shape index (κ2) is 4.71. The van der Waals surface area contributed by atoms with Crippen molar-refractivity contribution in [2.45, 2.75) is 6.54 Å². The van der Waals surface area contributed by atoms with E-state index in [4.69, 9.17) is 11.6 Å². The van der Waals surface area contributed by atoms with Gasteiger partial charge >= 0.3 is 0 Å². The lowest BCUT2D eigenvalue weighted by atomic mass is 10.3. The van der Waals surface area contributed by atoms with Gasteiger partial charge < -0.3 is 5.32 Å². The van der Waals surface area contributed by atoms with E-state index in [1.165, 1.54) is 6.33 Å². The number of aldehydes is 1. The number of carbonyl (C=O) groups excluding carboxylic acids is 1. The molecule has 6 nitrogen and oxygen atoms in total. The predicted octanol–water partition coefficient (Wildman–Crippen LogP) is 1.28. The first kappa shape index (κ1) is 10.6. The number of aromatic amines is 1. The standard InChI is InChI=1S/C9H8ClN5O/c10-8-7(4-16)9(13-5-12-8)11-3-6-1-2-14-15-6/h1-2,4-5H,3H2,(H,14,15)(H,11,12,13). The first-order valence-electron chi connectivity index (χ1n) is 4.49. The Morgan fingerprint density at radius 1 is 1.50 bits per heavy atom. The highest BCUT2D eigenvalue weighted by molar-refractivity contribution is 6.32. The zero-order valence-electron chi connectivity index (χ0n) is 8.14. The lowest BCUT2D eigenvalue weighted by Gasteiger charge is -2.06. The fourth-order valence-electron chi connectivity index (χ4n) is 1.18. The van der Waals surface area contributed by atoms with Crippen LogP contribution in [-0.4, -0.2) is 26.5 Å². The average Bonchev–Trinajstić information content (AvgIpc) is 2.79. The Bertz CT molecular complexity index is 485. The van der Waals surface area contributed by atoms with Gasteiger partial charge in [-0.25, -0.2) is 9.97 Å². The monoisotopic (exact) mass is 237 g/mol. The van der Waals surface area contributed by atoms with E-state index >= 15 is 0 Å². The van der Waals surface area contributed by atoms with E-state index in [2.05, 4.69) is 25.5 Å². The minimum absolute atomic E-state index is 0.136.